The monoisotopic (exact) mass is 372 g/mol. The van der Waals surface area contributed by atoms with Crippen LogP contribution in [0.3, 0.4) is 0 Å². The zero-order chi connectivity index (χ0) is 19.0. The van der Waals surface area contributed by atoms with Crippen molar-refractivity contribution in [1.29, 1.82) is 0 Å². The van der Waals surface area contributed by atoms with Gasteiger partial charge in [-0.3, -0.25) is 0 Å². The van der Waals surface area contributed by atoms with Crippen LogP contribution in [0.15, 0.2) is 11.6 Å². The number of carbonyl (C=O) groups excluding carboxylic acids is 1. The number of hydrogen-bond acceptors (Lipinski definition) is 6. The highest BCUT2D eigenvalue weighted by Gasteiger charge is 2.52. The molecule has 144 valence electrons. The first kappa shape index (κ1) is 20.6. The van der Waals surface area contributed by atoms with E-state index in [4.69, 9.17) is 23.4 Å². The average Bonchev–Trinajstić information content (AvgIpc) is 2.89. The van der Waals surface area contributed by atoms with Crippen LogP contribution in [-0.4, -0.2) is 51.8 Å². The first-order chi connectivity index (χ1) is 11.4. The van der Waals surface area contributed by atoms with E-state index in [2.05, 4.69) is 33.9 Å². The van der Waals surface area contributed by atoms with Crippen molar-refractivity contribution in [3.05, 3.63) is 11.6 Å². The van der Waals surface area contributed by atoms with Crippen molar-refractivity contribution in [2.75, 3.05) is 13.2 Å². The largest absolute Gasteiger partial charge is 0.463 e. The van der Waals surface area contributed by atoms with Crippen LogP contribution in [0.4, 0.5) is 0 Å². The van der Waals surface area contributed by atoms with Gasteiger partial charge in [0.15, 0.2) is 20.4 Å². The molecule has 2 heterocycles. The summed E-state index contributed by atoms with van der Waals surface area (Å²) in [6.07, 6.45) is 0.166. The third-order valence-electron chi connectivity index (χ3n) is 5.03. The second-order valence-corrected chi connectivity index (χ2v) is 13.3. The summed E-state index contributed by atoms with van der Waals surface area (Å²) in [5.74, 6) is -1.14. The van der Waals surface area contributed by atoms with E-state index in [1.54, 1.807) is 6.92 Å². The number of ether oxygens (including phenoxy) is 4. The zero-order valence-electron chi connectivity index (χ0n) is 16.7. The van der Waals surface area contributed by atoms with Gasteiger partial charge in [0.05, 0.1) is 13.2 Å². The molecule has 0 N–H and O–H groups in total. The van der Waals surface area contributed by atoms with Crippen molar-refractivity contribution < 1.29 is 28.2 Å². The van der Waals surface area contributed by atoms with Crippen LogP contribution in [0.5, 0.6) is 0 Å². The molecule has 0 unspecified atom stereocenters. The van der Waals surface area contributed by atoms with Crippen LogP contribution >= 0.6 is 0 Å². The summed E-state index contributed by atoms with van der Waals surface area (Å²) >= 11 is 0. The lowest BCUT2D eigenvalue weighted by atomic mass is 10.1. The molecule has 2 saturated heterocycles. The van der Waals surface area contributed by atoms with Crippen LogP contribution in [-0.2, 0) is 28.2 Å². The van der Waals surface area contributed by atoms with Gasteiger partial charge in [-0.1, -0.05) is 20.8 Å². The predicted molar refractivity (Wildman–Crippen MR) is 96.6 cm³/mol. The molecule has 0 saturated carbocycles. The first-order valence-electron chi connectivity index (χ1n) is 8.89. The Balaban J connectivity index is 2.15. The lowest BCUT2D eigenvalue weighted by molar-refractivity contribution is -0.202. The van der Waals surface area contributed by atoms with Crippen LogP contribution in [0.25, 0.3) is 0 Å². The Kier molecular flexibility index (Phi) is 5.86. The van der Waals surface area contributed by atoms with E-state index in [1.165, 1.54) is 6.08 Å². The highest BCUT2D eigenvalue weighted by atomic mass is 28.4. The Bertz CT molecular complexity index is 534. The molecule has 0 aromatic rings. The number of esters is 1. The topological polar surface area (TPSA) is 63.2 Å². The Morgan fingerprint density at radius 1 is 1.28 bits per heavy atom. The fourth-order valence-corrected chi connectivity index (χ4v) is 3.61. The Morgan fingerprint density at radius 2 is 1.92 bits per heavy atom. The SMILES string of the molecule is CCOC(=O)/C=C1/[C@H]2OC(C)(C)O[C@H]2O[C@@H]1CO[Si](C)(C)C(C)(C)C. The van der Waals surface area contributed by atoms with Crippen molar-refractivity contribution in [2.24, 2.45) is 0 Å². The summed E-state index contributed by atoms with van der Waals surface area (Å²) in [5.41, 5.74) is 0.729. The van der Waals surface area contributed by atoms with Gasteiger partial charge in [0, 0.05) is 11.6 Å². The minimum atomic E-state index is -1.93. The van der Waals surface area contributed by atoms with E-state index >= 15 is 0 Å². The fourth-order valence-electron chi connectivity index (χ4n) is 2.61. The van der Waals surface area contributed by atoms with Crippen molar-refractivity contribution in [3.63, 3.8) is 0 Å². The van der Waals surface area contributed by atoms with Crippen molar-refractivity contribution in [2.45, 2.75) is 84.0 Å². The molecule has 0 radical (unpaired) electrons. The molecule has 2 rings (SSSR count). The molecule has 0 spiro atoms. The molecule has 0 aliphatic carbocycles. The highest BCUT2D eigenvalue weighted by molar-refractivity contribution is 6.74. The smallest absolute Gasteiger partial charge is 0.330 e. The standard InChI is InChI=1S/C18H32O6Si/c1-9-20-14(19)10-12-13(11-21-25(7,8)17(2,3)4)22-16-15(12)23-18(5,6)24-16/h10,13,15-16H,9,11H2,1-8H3/b12-10+/t13-,15-,16-/m1/s1. The van der Waals surface area contributed by atoms with E-state index in [1.807, 2.05) is 13.8 Å². The number of carbonyl (C=O) groups is 1. The van der Waals surface area contributed by atoms with Crippen molar-refractivity contribution in [1.82, 2.24) is 0 Å². The van der Waals surface area contributed by atoms with Crippen molar-refractivity contribution in [3.8, 4) is 0 Å². The lowest BCUT2D eigenvalue weighted by Gasteiger charge is -2.37. The summed E-state index contributed by atoms with van der Waals surface area (Å²) in [4.78, 5) is 12.0. The maximum absolute atomic E-state index is 12.0. The van der Waals surface area contributed by atoms with Gasteiger partial charge < -0.3 is 23.4 Å². The van der Waals surface area contributed by atoms with E-state index in [-0.39, 0.29) is 11.1 Å². The Hall–Kier alpha value is -0.733. The quantitative estimate of drug-likeness (QED) is 0.419. The van der Waals surface area contributed by atoms with Crippen LogP contribution in [0.2, 0.25) is 18.1 Å². The first-order valence-corrected chi connectivity index (χ1v) is 11.8. The molecule has 2 aliphatic rings. The lowest BCUT2D eigenvalue weighted by Crippen LogP contribution is -2.43. The minimum Gasteiger partial charge on any atom is -0.463 e. The second-order valence-electron chi connectivity index (χ2n) is 8.52. The maximum atomic E-state index is 12.0. The molecule has 0 bridgehead atoms. The summed E-state index contributed by atoms with van der Waals surface area (Å²) in [6.45, 7) is 17.1. The number of hydrogen-bond donors (Lipinski definition) is 0. The second kappa shape index (κ2) is 7.11. The van der Waals surface area contributed by atoms with Gasteiger partial charge in [0.1, 0.15) is 12.2 Å². The summed E-state index contributed by atoms with van der Waals surface area (Å²) < 4.78 is 29.0. The summed E-state index contributed by atoms with van der Waals surface area (Å²) in [7, 11) is -1.93. The maximum Gasteiger partial charge on any atom is 0.330 e. The minimum absolute atomic E-state index is 0.0987. The van der Waals surface area contributed by atoms with Gasteiger partial charge in [0.25, 0.3) is 0 Å². The fraction of sp³-hybridized carbons (Fsp3) is 0.833. The molecule has 6 nitrogen and oxygen atoms in total. The van der Waals surface area contributed by atoms with E-state index < -0.39 is 32.5 Å². The normalized spacial score (nSPS) is 30.6. The van der Waals surface area contributed by atoms with E-state index in [9.17, 15) is 4.79 Å². The summed E-state index contributed by atoms with van der Waals surface area (Å²) in [5, 5.41) is 0.0987. The van der Waals surface area contributed by atoms with Gasteiger partial charge in [-0.25, -0.2) is 4.79 Å². The van der Waals surface area contributed by atoms with Crippen LogP contribution in [0.1, 0.15) is 41.5 Å². The van der Waals surface area contributed by atoms with Gasteiger partial charge >= 0.3 is 5.97 Å². The molecule has 7 heteroatoms. The molecule has 3 atom stereocenters. The summed E-state index contributed by atoms with van der Waals surface area (Å²) in [6, 6.07) is 0. The number of fused-ring (bicyclic) bond motifs is 1. The molecule has 2 aliphatic heterocycles. The van der Waals surface area contributed by atoms with Gasteiger partial charge in [-0.15, -0.1) is 0 Å². The number of rotatable bonds is 5. The predicted octanol–water partition coefficient (Wildman–Crippen LogP) is 3.37. The van der Waals surface area contributed by atoms with E-state index in [0.29, 0.717) is 13.2 Å². The Morgan fingerprint density at radius 3 is 2.48 bits per heavy atom. The molecule has 0 aromatic heterocycles. The average molecular weight is 373 g/mol. The molecule has 2 fully saturated rings. The zero-order valence-corrected chi connectivity index (χ0v) is 17.7. The van der Waals surface area contributed by atoms with Gasteiger partial charge in [-0.05, 0) is 38.9 Å². The van der Waals surface area contributed by atoms with E-state index in [0.717, 1.165) is 5.57 Å². The van der Waals surface area contributed by atoms with Gasteiger partial charge in [0.2, 0.25) is 0 Å². The van der Waals surface area contributed by atoms with Crippen LogP contribution < -0.4 is 0 Å². The third kappa shape index (κ3) is 4.71. The molecule has 0 aromatic carbocycles. The molecular formula is C18H32O6Si. The molecule has 25 heavy (non-hydrogen) atoms. The molecule has 0 amide bonds. The molecular weight excluding hydrogens is 340 g/mol. The van der Waals surface area contributed by atoms with Crippen molar-refractivity contribution >= 4 is 14.3 Å². The van der Waals surface area contributed by atoms with Gasteiger partial charge in [-0.2, -0.15) is 0 Å². The Labute approximate surface area is 151 Å². The highest BCUT2D eigenvalue weighted by Crippen LogP contribution is 2.42. The van der Waals surface area contributed by atoms with Crippen LogP contribution in [0, 0.1) is 0 Å². The third-order valence-corrected chi connectivity index (χ3v) is 9.53.